The number of rotatable bonds is 8. The van der Waals surface area contributed by atoms with Crippen molar-refractivity contribution in [2.75, 3.05) is 32.5 Å². The standard InChI is InChI=1S/C20H35N3O2/c1-15(2)17(13-22-19(24)25-20(3,4)5)12-21-18-11-9-8-10-16(18)14-23(6)7/h8-11,15,17,21H,12-14H2,1-7H3,(H,22,24). The van der Waals surface area contributed by atoms with Gasteiger partial charge in [0.05, 0.1) is 0 Å². The highest BCUT2D eigenvalue weighted by Gasteiger charge is 2.19. The minimum absolute atomic E-state index is 0.319. The molecule has 1 rings (SSSR count). The molecule has 0 saturated heterocycles. The maximum absolute atomic E-state index is 11.9. The van der Waals surface area contributed by atoms with Gasteiger partial charge in [0.15, 0.2) is 0 Å². The van der Waals surface area contributed by atoms with Crippen molar-refractivity contribution in [2.45, 2.75) is 46.8 Å². The first-order valence-electron chi connectivity index (χ1n) is 9.02. The lowest BCUT2D eigenvalue weighted by Crippen LogP contribution is -2.38. The summed E-state index contributed by atoms with van der Waals surface area (Å²) in [5, 5.41) is 6.45. The van der Waals surface area contributed by atoms with Crippen LogP contribution in [0.15, 0.2) is 24.3 Å². The van der Waals surface area contributed by atoms with E-state index in [2.05, 4.69) is 61.7 Å². The third-order valence-corrected chi connectivity index (χ3v) is 3.91. The van der Waals surface area contributed by atoms with Gasteiger partial charge in [0.25, 0.3) is 0 Å². The van der Waals surface area contributed by atoms with Crippen molar-refractivity contribution in [3.05, 3.63) is 29.8 Å². The molecular formula is C20H35N3O2. The summed E-state index contributed by atoms with van der Waals surface area (Å²) in [7, 11) is 4.14. The van der Waals surface area contributed by atoms with Crippen molar-refractivity contribution in [1.29, 1.82) is 0 Å². The van der Waals surface area contributed by atoms with Gasteiger partial charge in [-0.1, -0.05) is 32.0 Å². The van der Waals surface area contributed by atoms with Gasteiger partial charge in [0.2, 0.25) is 0 Å². The maximum atomic E-state index is 11.9. The van der Waals surface area contributed by atoms with E-state index in [-0.39, 0.29) is 6.09 Å². The number of ether oxygens (including phenoxy) is 1. The molecule has 0 radical (unpaired) electrons. The lowest BCUT2D eigenvalue weighted by Gasteiger charge is -2.25. The van der Waals surface area contributed by atoms with Crippen LogP contribution in [0.3, 0.4) is 0 Å². The lowest BCUT2D eigenvalue weighted by atomic mass is 9.95. The third-order valence-electron chi connectivity index (χ3n) is 3.91. The molecule has 0 fully saturated rings. The smallest absolute Gasteiger partial charge is 0.407 e. The highest BCUT2D eigenvalue weighted by atomic mass is 16.6. The Morgan fingerprint density at radius 3 is 2.36 bits per heavy atom. The molecule has 1 aromatic rings. The summed E-state index contributed by atoms with van der Waals surface area (Å²) in [6, 6.07) is 8.36. The third kappa shape index (κ3) is 8.77. The van der Waals surface area contributed by atoms with Gasteiger partial charge >= 0.3 is 6.09 Å². The van der Waals surface area contributed by atoms with E-state index in [9.17, 15) is 4.79 Å². The minimum atomic E-state index is -0.471. The Bertz CT molecular complexity index is 536. The number of nitrogens with zero attached hydrogens (tertiary/aromatic N) is 1. The van der Waals surface area contributed by atoms with Crippen LogP contribution >= 0.6 is 0 Å². The molecule has 0 heterocycles. The van der Waals surface area contributed by atoms with Gasteiger partial charge in [-0.05, 0) is 58.3 Å². The number of hydrogen-bond acceptors (Lipinski definition) is 4. The molecule has 1 unspecified atom stereocenters. The fourth-order valence-corrected chi connectivity index (χ4v) is 2.48. The Labute approximate surface area is 153 Å². The van der Waals surface area contributed by atoms with Crippen molar-refractivity contribution in [1.82, 2.24) is 10.2 Å². The van der Waals surface area contributed by atoms with Crippen molar-refractivity contribution in [2.24, 2.45) is 11.8 Å². The Balaban J connectivity index is 2.61. The van der Waals surface area contributed by atoms with E-state index in [0.29, 0.717) is 18.4 Å². The molecule has 0 aliphatic heterocycles. The molecule has 142 valence electrons. The van der Waals surface area contributed by atoms with Crippen LogP contribution in [0.1, 0.15) is 40.2 Å². The second-order valence-electron chi connectivity index (χ2n) is 8.16. The van der Waals surface area contributed by atoms with Crippen LogP contribution in [-0.4, -0.2) is 43.8 Å². The van der Waals surface area contributed by atoms with E-state index in [0.717, 1.165) is 18.8 Å². The van der Waals surface area contributed by atoms with Crippen LogP contribution in [0.2, 0.25) is 0 Å². The number of benzene rings is 1. The molecule has 1 atom stereocenters. The SMILES string of the molecule is CC(C)C(CNC(=O)OC(C)(C)C)CNc1ccccc1CN(C)C. The summed E-state index contributed by atoms with van der Waals surface area (Å²) < 4.78 is 5.32. The summed E-state index contributed by atoms with van der Waals surface area (Å²) >= 11 is 0. The first-order chi connectivity index (χ1) is 11.6. The zero-order chi connectivity index (χ0) is 19.0. The molecule has 2 N–H and O–H groups in total. The first-order valence-corrected chi connectivity index (χ1v) is 9.02. The molecule has 0 aliphatic rings. The Kier molecular flexibility index (Phi) is 8.23. The zero-order valence-electron chi connectivity index (χ0n) is 16.8. The Morgan fingerprint density at radius 1 is 1.16 bits per heavy atom. The van der Waals surface area contributed by atoms with Crippen LogP contribution in [0.5, 0.6) is 0 Å². The number of carbonyl (C=O) groups excluding carboxylic acids is 1. The molecule has 25 heavy (non-hydrogen) atoms. The van der Waals surface area contributed by atoms with Crippen molar-refractivity contribution < 1.29 is 9.53 Å². The second-order valence-corrected chi connectivity index (χ2v) is 8.16. The van der Waals surface area contributed by atoms with Crippen molar-refractivity contribution >= 4 is 11.8 Å². The number of anilines is 1. The second kappa shape index (κ2) is 9.66. The van der Waals surface area contributed by atoms with E-state index >= 15 is 0 Å². The van der Waals surface area contributed by atoms with E-state index in [4.69, 9.17) is 4.74 Å². The van der Waals surface area contributed by atoms with Gasteiger partial charge in [-0.2, -0.15) is 0 Å². The number of hydrogen-bond donors (Lipinski definition) is 2. The fraction of sp³-hybridized carbons (Fsp3) is 0.650. The average Bonchev–Trinajstić information content (AvgIpc) is 2.45. The molecule has 1 amide bonds. The predicted molar refractivity (Wildman–Crippen MR) is 105 cm³/mol. The number of alkyl carbamates (subject to hydrolysis) is 1. The summed E-state index contributed by atoms with van der Waals surface area (Å²) in [5.74, 6) is 0.767. The van der Waals surface area contributed by atoms with E-state index < -0.39 is 5.60 Å². The monoisotopic (exact) mass is 349 g/mol. The molecule has 5 nitrogen and oxygen atoms in total. The molecular weight excluding hydrogens is 314 g/mol. The Hall–Kier alpha value is -1.75. The summed E-state index contributed by atoms with van der Waals surface area (Å²) in [5.41, 5.74) is 1.95. The molecule has 0 aliphatic carbocycles. The zero-order valence-corrected chi connectivity index (χ0v) is 16.8. The summed E-state index contributed by atoms with van der Waals surface area (Å²) in [6.07, 6.45) is -0.355. The molecule has 1 aromatic carbocycles. The van der Waals surface area contributed by atoms with Gasteiger partial charge < -0.3 is 20.3 Å². The van der Waals surface area contributed by atoms with Gasteiger partial charge in [0, 0.05) is 25.3 Å². The number of amides is 1. The topological polar surface area (TPSA) is 53.6 Å². The highest BCUT2D eigenvalue weighted by molar-refractivity contribution is 5.67. The van der Waals surface area contributed by atoms with Gasteiger partial charge in [-0.15, -0.1) is 0 Å². The highest BCUT2D eigenvalue weighted by Crippen LogP contribution is 2.18. The summed E-state index contributed by atoms with van der Waals surface area (Å²) in [4.78, 5) is 14.0. The quantitative estimate of drug-likeness (QED) is 0.746. The molecule has 0 bridgehead atoms. The number of nitrogens with one attached hydrogen (secondary N) is 2. The van der Waals surface area contributed by atoms with E-state index in [1.807, 2.05) is 26.8 Å². The first kappa shape index (κ1) is 21.3. The molecule has 5 heteroatoms. The molecule has 0 aromatic heterocycles. The van der Waals surface area contributed by atoms with Gasteiger partial charge in [-0.3, -0.25) is 0 Å². The van der Waals surface area contributed by atoms with Crippen LogP contribution in [-0.2, 0) is 11.3 Å². The largest absolute Gasteiger partial charge is 0.444 e. The normalized spacial score (nSPS) is 13.0. The predicted octanol–water partition coefficient (Wildman–Crippen LogP) is 3.96. The van der Waals surface area contributed by atoms with Crippen LogP contribution in [0.25, 0.3) is 0 Å². The fourth-order valence-electron chi connectivity index (χ4n) is 2.48. The van der Waals surface area contributed by atoms with Crippen LogP contribution in [0.4, 0.5) is 10.5 Å². The number of para-hydroxylation sites is 1. The summed E-state index contributed by atoms with van der Waals surface area (Å²) in [6.45, 7) is 12.3. The minimum Gasteiger partial charge on any atom is -0.444 e. The Morgan fingerprint density at radius 2 is 1.80 bits per heavy atom. The lowest BCUT2D eigenvalue weighted by molar-refractivity contribution is 0.0516. The average molecular weight is 350 g/mol. The van der Waals surface area contributed by atoms with Gasteiger partial charge in [0.1, 0.15) is 5.60 Å². The van der Waals surface area contributed by atoms with E-state index in [1.54, 1.807) is 0 Å². The van der Waals surface area contributed by atoms with Crippen molar-refractivity contribution in [3.63, 3.8) is 0 Å². The van der Waals surface area contributed by atoms with E-state index in [1.165, 1.54) is 5.56 Å². The van der Waals surface area contributed by atoms with Crippen LogP contribution < -0.4 is 10.6 Å². The molecule has 0 spiro atoms. The molecule has 0 saturated carbocycles. The van der Waals surface area contributed by atoms with Gasteiger partial charge in [-0.25, -0.2) is 4.79 Å². The number of carbonyl (C=O) groups is 1. The maximum Gasteiger partial charge on any atom is 0.407 e. The van der Waals surface area contributed by atoms with Crippen LogP contribution in [0, 0.1) is 11.8 Å². The van der Waals surface area contributed by atoms with Crippen molar-refractivity contribution in [3.8, 4) is 0 Å².